The van der Waals surface area contributed by atoms with Gasteiger partial charge in [0, 0.05) is 5.41 Å². The van der Waals surface area contributed by atoms with Crippen molar-refractivity contribution in [3.8, 4) is 12.3 Å². The van der Waals surface area contributed by atoms with E-state index in [1.165, 1.54) is 12.5 Å². The van der Waals surface area contributed by atoms with Gasteiger partial charge in [-0.05, 0) is 93.5 Å². The van der Waals surface area contributed by atoms with Gasteiger partial charge in [-0.2, -0.15) is 0 Å². The maximum absolute atomic E-state index is 12.5. The molecule has 0 heterocycles. The Balaban J connectivity index is 1.36. The van der Waals surface area contributed by atoms with Crippen molar-refractivity contribution in [1.82, 2.24) is 10.6 Å². The summed E-state index contributed by atoms with van der Waals surface area (Å²) in [5.74, 6) is 1.88. The van der Waals surface area contributed by atoms with Crippen LogP contribution in [0.5, 0.6) is 0 Å². The number of carbonyl (C=O) groups excluding carboxylic acids is 2. The van der Waals surface area contributed by atoms with E-state index < -0.39 is 35.5 Å². The molecule has 0 bridgehead atoms. The number of fused-ring (bicyclic) bond motifs is 5. The number of amides is 2. The van der Waals surface area contributed by atoms with Crippen molar-refractivity contribution in [3.63, 3.8) is 0 Å². The zero-order chi connectivity index (χ0) is 29.5. The number of carboxylic acid groups (broad SMARTS) is 1. The summed E-state index contributed by atoms with van der Waals surface area (Å²) in [4.78, 5) is 41.4. The van der Waals surface area contributed by atoms with Crippen molar-refractivity contribution in [3.05, 3.63) is 11.6 Å². The number of terminal acetylenes is 1. The minimum Gasteiger partial charge on any atom is -0.480 e. The van der Waals surface area contributed by atoms with Crippen molar-refractivity contribution in [1.29, 1.82) is 0 Å². The highest BCUT2D eigenvalue weighted by molar-refractivity contribution is 5.96. The summed E-state index contributed by atoms with van der Waals surface area (Å²) in [6, 6.07) is -1.94. The molecular weight excluding hydrogens is 510 g/mol. The Morgan fingerprint density at radius 2 is 1.80 bits per heavy atom. The Kier molecular flexibility index (Phi) is 8.43. The molecule has 9 nitrogen and oxygen atoms in total. The lowest BCUT2D eigenvalue weighted by Gasteiger charge is -2.58. The van der Waals surface area contributed by atoms with Crippen LogP contribution in [0.1, 0.15) is 86.0 Å². The van der Waals surface area contributed by atoms with Gasteiger partial charge in [0.05, 0.1) is 5.71 Å². The van der Waals surface area contributed by atoms with Crippen molar-refractivity contribution >= 4 is 23.5 Å². The molecule has 4 aliphatic carbocycles. The van der Waals surface area contributed by atoms with Gasteiger partial charge in [-0.3, -0.25) is 14.4 Å². The fourth-order valence-corrected chi connectivity index (χ4v) is 8.18. The first-order valence-electron chi connectivity index (χ1n) is 14.7. The second-order valence-corrected chi connectivity index (χ2v) is 13.2. The quantitative estimate of drug-likeness (QED) is 0.268. The van der Waals surface area contributed by atoms with Crippen LogP contribution in [0, 0.1) is 46.8 Å². The fraction of sp³-hybridized carbons (Fsp3) is 0.742. The lowest BCUT2D eigenvalue weighted by Crippen LogP contribution is -2.54. The maximum atomic E-state index is 12.5. The van der Waals surface area contributed by atoms with Crippen molar-refractivity contribution in [2.45, 2.75) is 104 Å². The number of carbonyl (C=O) groups is 3. The number of oxime groups is 1. The highest BCUT2D eigenvalue weighted by atomic mass is 16.6. The molecule has 8 atom stereocenters. The number of allylic oxidation sites excluding steroid dienone is 2. The predicted molar refractivity (Wildman–Crippen MR) is 151 cm³/mol. The van der Waals surface area contributed by atoms with Crippen LogP contribution in [-0.4, -0.2) is 58.0 Å². The van der Waals surface area contributed by atoms with E-state index in [4.69, 9.17) is 16.4 Å². The van der Waals surface area contributed by atoms with E-state index in [1.807, 2.05) is 0 Å². The molecule has 0 aliphatic heterocycles. The second-order valence-electron chi connectivity index (χ2n) is 13.2. The average Bonchev–Trinajstić information content (AvgIpc) is 3.18. The molecule has 0 aromatic heterocycles. The SMILES string of the molecule is C#C[C@@]1(O)CCC2C3CCC4=C/C(=N/OCC(=O)NC(C(=O)NC(C)C(=O)O)C(C)C)CC[C@]4(C)C3CC[C@@]21C. The van der Waals surface area contributed by atoms with E-state index in [1.54, 1.807) is 13.8 Å². The van der Waals surface area contributed by atoms with E-state index in [0.717, 1.165) is 50.7 Å². The lowest BCUT2D eigenvalue weighted by atomic mass is 9.46. The highest BCUT2D eigenvalue weighted by Crippen LogP contribution is 2.67. The molecule has 4 aliphatic rings. The Bertz CT molecular complexity index is 1140. The highest BCUT2D eigenvalue weighted by Gasteiger charge is 2.63. The summed E-state index contributed by atoms with van der Waals surface area (Å²) in [5, 5.41) is 29.5. The second kappa shape index (κ2) is 11.2. The van der Waals surface area contributed by atoms with E-state index >= 15 is 0 Å². The number of rotatable bonds is 8. The normalized spacial score (nSPS) is 37.2. The van der Waals surface area contributed by atoms with Gasteiger partial charge in [-0.15, -0.1) is 6.42 Å². The fourth-order valence-electron chi connectivity index (χ4n) is 8.18. The summed E-state index contributed by atoms with van der Waals surface area (Å²) in [6.07, 6.45) is 15.5. The number of hydrogen-bond donors (Lipinski definition) is 4. The van der Waals surface area contributed by atoms with E-state index in [-0.39, 0.29) is 23.4 Å². The lowest BCUT2D eigenvalue weighted by molar-refractivity contribution is -0.142. The van der Waals surface area contributed by atoms with Crippen molar-refractivity contribution < 1.29 is 29.4 Å². The van der Waals surface area contributed by atoms with Gasteiger partial charge >= 0.3 is 5.97 Å². The molecule has 0 radical (unpaired) electrons. The van der Waals surface area contributed by atoms with Gasteiger partial charge in [0.15, 0.2) is 6.61 Å². The third-order valence-corrected chi connectivity index (χ3v) is 10.7. The number of nitrogens with one attached hydrogen (secondary N) is 2. The zero-order valence-corrected chi connectivity index (χ0v) is 24.5. The van der Waals surface area contributed by atoms with Crippen LogP contribution >= 0.6 is 0 Å². The van der Waals surface area contributed by atoms with Gasteiger partial charge in [-0.25, -0.2) is 0 Å². The molecule has 0 saturated heterocycles. The number of hydrogen-bond acceptors (Lipinski definition) is 6. The molecule has 0 aromatic carbocycles. The summed E-state index contributed by atoms with van der Waals surface area (Å²) in [5.41, 5.74) is 1.09. The molecule has 3 saturated carbocycles. The molecule has 2 amide bonds. The molecule has 3 fully saturated rings. The monoisotopic (exact) mass is 555 g/mol. The Labute approximate surface area is 237 Å². The van der Waals surface area contributed by atoms with E-state index in [0.29, 0.717) is 24.2 Å². The standard InChI is InChI=1S/C31H45N3O6/c1-7-31(39)15-12-24-22-9-8-20-16-21(10-13-29(20,5)23(22)11-14-30(24,31)6)34-40-17-25(35)33-26(18(2)3)27(36)32-19(4)28(37)38/h1,16,18-19,22-24,26,39H,8-15,17H2,2-6H3,(H,32,36)(H,33,35)(H,37,38)/b34-21+/t19?,22?,23?,24?,26?,29-,30-,31+/m0/s1. The topological polar surface area (TPSA) is 137 Å². The van der Waals surface area contributed by atoms with Crippen LogP contribution in [0.15, 0.2) is 16.8 Å². The number of carboxylic acids is 1. The molecular formula is C31H45N3O6. The van der Waals surface area contributed by atoms with Crippen molar-refractivity contribution in [2.24, 2.45) is 39.7 Å². The van der Waals surface area contributed by atoms with Gasteiger partial charge in [-0.1, -0.05) is 44.3 Å². The zero-order valence-electron chi connectivity index (χ0n) is 24.5. The molecule has 0 aromatic rings. The largest absolute Gasteiger partial charge is 0.480 e. The van der Waals surface area contributed by atoms with Crippen LogP contribution in [0.3, 0.4) is 0 Å². The predicted octanol–water partition coefficient (Wildman–Crippen LogP) is 3.42. The smallest absolute Gasteiger partial charge is 0.325 e. The van der Waals surface area contributed by atoms with E-state index in [9.17, 15) is 19.5 Å². The molecule has 0 spiro atoms. The third kappa shape index (κ3) is 5.27. The minimum absolute atomic E-state index is 0.0857. The summed E-state index contributed by atoms with van der Waals surface area (Å²) < 4.78 is 0. The van der Waals surface area contributed by atoms with Gasteiger partial charge in [0.25, 0.3) is 5.91 Å². The minimum atomic E-state index is -1.15. The van der Waals surface area contributed by atoms with Crippen LogP contribution in [0.25, 0.3) is 0 Å². The van der Waals surface area contributed by atoms with Crippen LogP contribution in [0.2, 0.25) is 0 Å². The number of aliphatic carboxylic acids is 1. The van der Waals surface area contributed by atoms with Gasteiger partial charge in [0.2, 0.25) is 5.91 Å². The molecule has 9 heteroatoms. The Morgan fingerprint density at radius 1 is 1.10 bits per heavy atom. The third-order valence-electron chi connectivity index (χ3n) is 10.7. The maximum Gasteiger partial charge on any atom is 0.325 e. The number of aliphatic hydroxyl groups is 1. The molecule has 5 unspecified atom stereocenters. The first kappa shape index (κ1) is 30.1. The van der Waals surface area contributed by atoms with E-state index in [2.05, 4.69) is 41.6 Å². The van der Waals surface area contributed by atoms with Gasteiger partial charge in [0.1, 0.15) is 17.7 Å². The van der Waals surface area contributed by atoms with Crippen molar-refractivity contribution in [2.75, 3.05) is 6.61 Å². The van der Waals surface area contributed by atoms with Crippen LogP contribution < -0.4 is 10.6 Å². The molecule has 40 heavy (non-hydrogen) atoms. The summed E-state index contributed by atoms with van der Waals surface area (Å²) in [7, 11) is 0. The number of nitrogens with zero attached hydrogens (tertiary/aromatic N) is 1. The average molecular weight is 556 g/mol. The first-order valence-corrected chi connectivity index (χ1v) is 14.7. The Morgan fingerprint density at radius 3 is 2.45 bits per heavy atom. The Hall–Kier alpha value is -2.86. The summed E-state index contributed by atoms with van der Waals surface area (Å²) >= 11 is 0. The molecule has 4 N–H and O–H groups in total. The molecule has 4 rings (SSSR count). The van der Waals surface area contributed by atoms with Gasteiger partial charge < -0.3 is 25.7 Å². The first-order chi connectivity index (χ1) is 18.8. The van der Waals surface area contributed by atoms with Crippen LogP contribution in [-0.2, 0) is 19.2 Å². The molecule has 220 valence electrons. The van der Waals surface area contributed by atoms with Crippen LogP contribution in [0.4, 0.5) is 0 Å². The summed E-state index contributed by atoms with van der Waals surface area (Å²) in [6.45, 7) is 9.16.